The Morgan fingerprint density at radius 2 is 2.00 bits per heavy atom. The van der Waals surface area contributed by atoms with E-state index in [1.54, 1.807) is 6.07 Å². The lowest BCUT2D eigenvalue weighted by Crippen LogP contribution is -2.35. The number of hydrogen-bond donors (Lipinski definition) is 2. The minimum Gasteiger partial charge on any atom is -0.340 e. The molecule has 2 aromatic rings. The van der Waals surface area contributed by atoms with E-state index in [9.17, 15) is 4.79 Å². The van der Waals surface area contributed by atoms with E-state index in [0.29, 0.717) is 17.3 Å². The van der Waals surface area contributed by atoms with E-state index in [4.69, 9.17) is 10.3 Å². The molecule has 1 amide bonds. The molecule has 0 bridgehead atoms. The van der Waals surface area contributed by atoms with Crippen molar-refractivity contribution in [1.29, 1.82) is 0 Å². The van der Waals surface area contributed by atoms with Gasteiger partial charge in [-0.2, -0.15) is 4.98 Å². The first kappa shape index (κ1) is 20.4. The molecule has 6 nitrogen and oxygen atoms in total. The Labute approximate surface area is 160 Å². The number of benzene rings is 1. The quantitative estimate of drug-likeness (QED) is 0.828. The van der Waals surface area contributed by atoms with Gasteiger partial charge in [-0.15, -0.1) is 12.4 Å². The Kier molecular flexibility index (Phi) is 6.42. The summed E-state index contributed by atoms with van der Waals surface area (Å²) in [6, 6.07) is 7.14. The van der Waals surface area contributed by atoms with E-state index in [0.717, 1.165) is 31.2 Å². The zero-order valence-corrected chi connectivity index (χ0v) is 16.3. The summed E-state index contributed by atoms with van der Waals surface area (Å²) in [5.74, 6) is 0.933. The van der Waals surface area contributed by atoms with Crippen LogP contribution in [-0.2, 0) is 5.54 Å². The second-order valence-electron chi connectivity index (χ2n) is 7.38. The van der Waals surface area contributed by atoms with Crippen LogP contribution in [0.3, 0.4) is 0 Å². The van der Waals surface area contributed by atoms with Gasteiger partial charge in [0.25, 0.3) is 5.91 Å². The predicted octanol–water partition coefficient (Wildman–Crippen LogP) is 3.65. The van der Waals surface area contributed by atoms with Crippen LogP contribution in [0, 0.1) is 12.8 Å². The van der Waals surface area contributed by atoms with Crippen LogP contribution in [0.2, 0.25) is 0 Å². The van der Waals surface area contributed by atoms with Gasteiger partial charge in [0.15, 0.2) is 5.82 Å². The molecule has 0 radical (unpaired) electrons. The van der Waals surface area contributed by atoms with Crippen LogP contribution in [0.25, 0.3) is 0 Å². The molecule has 0 spiro atoms. The van der Waals surface area contributed by atoms with Crippen LogP contribution in [0.4, 0.5) is 0 Å². The second-order valence-corrected chi connectivity index (χ2v) is 7.38. The first-order chi connectivity index (χ1) is 11.9. The van der Waals surface area contributed by atoms with E-state index in [1.165, 1.54) is 0 Å². The molecule has 26 heavy (non-hydrogen) atoms. The number of nitrogens with one attached hydrogen (secondary N) is 1. The fraction of sp³-hybridized carbons (Fsp3) is 0.526. The third-order valence-electron chi connectivity index (χ3n) is 4.88. The summed E-state index contributed by atoms with van der Waals surface area (Å²) in [5, 5.41) is 7.12. The van der Waals surface area contributed by atoms with Gasteiger partial charge in [-0.1, -0.05) is 49.5 Å². The SMILES string of the molecule is Cc1cccc(C(=O)NC(c2nc(C3(N)CCCC3)no2)C(C)C)c1.Cl. The number of carbonyl (C=O) groups is 1. The molecule has 7 heteroatoms. The van der Waals surface area contributed by atoms with Gasteiger partial charge >= 0.3 is 0 Å². The molecular formula is C19H27ClN4O2. The number of aromatic nitrogens is 2. The molecule has 1 unspecified atom stereocenters. The highest BCUT2D eigenvalue weighted by molar-refractivity contribution is 5.94. The van der Waals surface area contributed by atoms with Gasteiger partial charge in [0.1, 0.15) is 6.04 Å². The lowest BCUT2D eigenvalue weighted by Gasteiger charge is -2.20. The Balaban J connectivity index is 0.00000243. The third kappa shape index (κ3) is 4.24. The van der Waals surface area contributed by atoms with E-state index >= 15 is 0 Å². The van der Waals surface area contributed by atoms with Crippen LogP contribution in [0.1, 0.15) is 73.2 Å². The molecule has 1 heterocycles. The van der Waals surface area contributed by atoms with Crippen LogP contribution < -0.4 is 11.1 Å². The average molecular weight is 379 g/mol. The van der Waals surface area contributed by atoms with E-state index < -0.39 is 5.54 Å². The van der Waals surface area contributed by atoms with Crippen molar-refractivity contribution >= 4 is 18.3 Å². The highest BCUT2D eigenvalue weighted by atomic mass is 35.5. The summed E-state index contributed by atoms with van der Waals surface area (Å²) in [7, 11) is 0. The van der Waals surface area contributed by atoms with Crippen LogP contribution in [-0.4, -0.2) is 16.0 Å². The Morgan fingerprint density at radius 1 is 1.31 bits per heavy atom. The number of nitrogens with two attached hydrogens (primary N) is 1. The maximum absolute atomic E-state index is 12.6. The summed E-state index contributed by atoms with van der Waals surface area (Å²) in [6.07, 6.45) is 3.90. The number of aryl methyl sites for hydroxylation is 1. The standard InChI is InChI=1S/C19H26N4O2.ClH/c1-12(2)15(21-16(24)14-8-6-7-13(3)11-14)17-22-18(23-25-17)19(20)9-4-5-10-19;/h6-8,11-12,15H,4-5,9-10,20H2,1-3H3,(H,21,24);1H. The van der Waals surface area contributed by atoms with Gasteiger partial charge in [0.05, 0.1) is 5.54 Å². The third-order valence-corrected chi connectivity index (χ3v) is 4.88. The van der Waals surface area contributed by atoms with Crippen molar-refractivity contribution in [2.45, 2.75) is 58.0 Å². The molecule has 3 N–H and O–H groups in total. The zero-order valence-electron chi connectivity index (χ0n) is 15.5. The second kappa shape index (κ2) is 8.18. The monoisotopic (exact) mass is 378 g/mol. The molecule has 1 aliphatic carbocycles. The molecular weight excluding hydrogens is 352 g/mol. The normalized spacial score (nSPS) is 17.0. The molecule has 1 aromatic heterocycles. The largest absolute Gasteiger partial charge is 0.340 e. The first-order valence-electron chi connectivity index (χ1n) is 8.89. The summed E-state index contributed by atoms with van der Waals surface area (Å²) in [6.45, 7) is 5.99. The topological polar surface area (TPSA) is 94.0 Å². The van der Waals surface area contributed by atoms with Gasteiger partial charge < -0.3 is 15.6 Å². The van der Waals surface area contributed by atoms with Crippen molar-refractivity contribution in [2.75, 3.05) is 0 Å². The highest BCUT2D eigenvalue weighted by Gasteiger charge is 2.37. The van der Waals surface area contributed by atoms with Crippen molar-refractivity contribution in [2.24, 2.45) is 11.7 Å². The number of carbonyl (C=O) groups excluding carboxylic acids is 1. The number of hydrogen-bond acceptors (Lipinski definition) is 5. The van der Waals surface area contributed by atoms with E-state index in [1.807, 2.05) is 39.0 Å². The molecule has 1 aromatic carbocycles. The smallest absolute Gasteiger partial charge is 0.251 e. The number of halogens is 1. The molecule has 1 saturated carbocycles. The van der Waals surface area contributed by atoms with Crippen LogP contribution >= 0.6 is 12.4 Å². The first-order valence-corrected chi connectivity index (χ1v) is 8.89. The number of rotatable bonds is 5. The predicted molar refractivity (Wildman–Crippen MR) is 102 cm³/mol. The molecule has 1 aliphatic rings. The maximum Gasteiger partial charge on any atom is 0.251 e. The Bertz CT molecular complexity index is 754. The van der Waals surface area contributed by atoms with Crippen LogP contribution in [0.15, 0.2) is 28.8 Å². The van der Waals surface area contributed by atoms with E-state index in [-0.39, 0.29) is 30.3 Å². The number of amides is 1. The summed E-state index contributed by atoms with van der Waals surface area (Å²) in [4.78, 5) is 17.1. The Morgan fingerprint density at radius 3 is 2.62 bits per heavy atom. The van der Waals surface area contributed by atoms with Gasteiger partial charge in [-0.3, -0.25) is 4.79 Å². The lowest BCUT2D eigenvalue weighted by molar-refractivity contribution is 0.0914. The van der Waals surface area contributed by atoms with Crippen molar-refractivity contribution < 1.29 is 9.32 Å². The minimum atomic E-state index is -0.496. The van der Waals surface area contributed by atoms with Crippen molar-refractivity contribution in [3.8, 4) is 0 Å². The summed E-state index contributed by atoms with van der Waals surface area (Å²) in [5.41, 5.74) is 7.57. The molecule has 0 saturated heterocycles. The summed E-state index contributed by atoms with van der Waals surface area (Å²) < 4.78 is 5.47. The lowest BCUT2D eigenvalue weighted by atomic mass is 9.98. The van der Waals surface area contributed by atoms with Crippen molar-refractivity contribution in [3.05, 3.63) is 47.1 Å². The van der Waals surface area contributed by atoms with Crippen LogP contribution in [0.5, 0.6) is 0 Å². The molecule has 3 rings (SSSR count). The molecule has 1 atom stereocenters. The number of nitrogens with zero attached hydrogens (tertiary/aromatic N) is 2. The van der Waals surface area contributed by atoms with E-state index in [2.05, 4.69) is 15.5 Å². The van der Waals surface area contributed by atoms with Gasteiger partial charge in [0.2, 0.25) is 5.89 Å². The van der Waals surface area contributed by atoms with Gasteiger partial charge in [-0.25, -0.2) is 0 Å². The minimum absolute atomic E-state index is 0. The highest BCUT2D eigenvalue weighted by Crippen LogP contribution is 2.35. The Hall–Kier alpha value is -1.92. The maximum atomic E-state index is 12.6. The van der Waals surface area contributed by atoms with Gasteiger partial charge in [-0.05, 0) is 37.8 Å². The summed E-state index contributed by atoms with van der Waals surface area (Å²) >= 11 is 0. The fourth-order valence-electron chi connectivity index (χ4n) is 3.32. The molecule has 0 aliphatic heterocycles. The fourth-order valence-corrected chi connectivity index (χ4v) is 3.32. The molecule has 1 fully saturated rings. The van der Waals surface area contributed by atoms with Crippen molar-refractivity contribution in [3.63, 3.8) is 0 Å². The van der Waals surface area contributed by atoms with Crippen molar-refractivity contribution in [1.82, 2.24) is 15.5 Å². The zero-order chi connectivity index (χ0) is 18.0. The van der Waals surface area contributed by atoms with Gasteiger partial charge in [0, 0.05) is 5.56 Å². The average Bonchev–Trinajstić information content (AvgIpc) is 3.22. The molecule has 142 valence electrons.